The predicted octanol–water partition coefficient (Wildman–Crippen LogP) is 4.35. The summed E-state index contributed by atoms with van der Waals surface area (Å²) in [5.41, 5.74) is 1.25. The molecule has 0 saturated carbocycles. The average molecular weight is 371 g/mol. The Bertz CT molecular complexity index is 663. The van der Waals surface area contributed by atoms with Gasteiger partial charge < -0.3 is 15.2 Å². The number of carbonyl (C=O) groups is 1. The van der Waals surface area contributed by atoms with Crippen molar-refractivity contribution in [3.63, 3.8) is 0 Å². The zero-order valence-corrected chi connectivity index (χ0v) is 13.5. The summed E-state index contributed by atoms with van der Waals surface area (Å²) < 4.78 is 5.76. The van der Waals surface area contributed by atoms with Crippen molar-refractivity contribution in [2.75, 3.05) is 12.4 Å². The minimum atomic E-state index is -0.985. The molecule has 0 amide bonds. The number of anilines is 1. The highest BCUT2D eigenvalue weighted by Crippen LogP contribution is 2.30. The zero-order chi connectivity index (χ0) is 15.4. The van der Waals surface area contributed by atoms with E-state index >= 15 is 0 Å². The molecular formula is C15H13BrClNO3. The van der Waals surface area contributed by atoms with Gasteiger partial charge in [0.1, 0.15) is 5.75 Å². The van der Waals surface area contributed by atoms with Gasteiger partial charge in [-0.3, -0.25) is 0 Å². The number of ether oxygens (including phenoxy) is 1. The van der Waals surface area contributed by atoms with Crippen molar-refractivity contribution in [2.45, 2.75) is 6.04 Å². The van der Waals surface area contributed by atoms with Crippen LogP contribution < -0.4 is 10.1 Å². The van der Waals surface area contributed by atoms with Crippen LogP contribution in [0, 0.1) is 0 Å². The maximum atomic E-state index is 11.5. The number of methoxy groups -OCH3 is 1. The molecule has 1 atom stereocenters. The van der Waals surface area contributed by atoms with Crippen LogP contribution in [0.25, 0.3) is 0 Å². The van der Waals surface area contributed by atoms with Gasteiger partial charge in [-0.1, -0.05) is 39.7 Å². The Labute approximate surface area is 135 Å². The van der Waals surface area contributed by atoms with Crippen LogP contribution in [0.3, 0.4) is 0 Å². The summed E-state index contributed by atoms with van der Waals surface area (Å²) in [5.74, 6) is -0.333. The Morgan fingerprint density at radius 3 is 2.71 bits per heavy atom. The summed E-state index contributed by atoms with van der Waals surface area (Å²) in [6.07, 6.45) is 0. The quantitative estimate of drug-likeness (QED) is 0.821. The van der Waals surface area contributed by atoms with Gasteiger partial charge in [0.05, 0.1) is 7.11 Å². The Morgan fingerprint density at radius 1 is 1.33 bits per heavy atom. The summed E-state index contributed by atoms with van der Waals surface area (Å²) in [5, 5.41) is 13.0. The maximum absolute atomic E-state index is 11.5. The van der Waals surface area contributed by atoms with Gasteiger partial charge in [-0.05, 0) is 29.8 Å². The molecule has 110 valence electrons. The molecular weight excluding hydrogens is 358 g/mol. The number of carboxylic acids is 1. The number of hydrogen-bond donors (Lipinski definition) is 2. The number of halogens is 2. The van der Waals surface area contributed by atoms with Crippen LogP contribution in [-0.2, 0) is 4.79 Å². The number of hydrogen-bond acceptors (Lipinski definition) is 3. The molecule has 4 nitrogen and oxygen atoms in total. The van der Waals surface area contributed by atoms with E-state index in [0.29, 0.717) is 26.5 Å². The highest BCUT2D eigenvalue weighted by molar-refractivity contribution is 9.10. The molecule has 6 heteroatoms. The molecule has 2 aromatic rings. The van der Waals surface area contributed by atoms with E-state index in [1.54, 1.807) is 49.6 Å². The Kier molecular flexibility index (Phi) is 5.09. The minimum absolute atomic E-state index is 0.538. The molecule has 0 aliphatic carbocycles. The maximum Gasteiger partial charge on any atom is 0.330 e. The van der Waals surface area contributed by atoms with E-state index in [-0.39, 0.29) is 0 Å². The van der Waals surface area contributed by atoms with E-state index in [4.69, 9.17) is 16.3 Å². The molecule has 0 aliphatic heterocycles. The molecule has 0 radical (unpaired) electrons. The lowest BCUT2D eigenvalue weighted by Crippen LogP contribution is -2.21. The zero-order valence-electron chi connectivity index (χ0n) is 11.1. The molecule has 0 bridgehead atoms. The van der Waals surface area contributed by atoms with Crippen LogP contribution in [0.5, 0.6) is 5.75 Å². The average Bonchev–Trinajstić information content (AvgIpc) is 2.45. The van der Waals surface area contributed by atoms with Gasteiger partial charge in [-0.2, -0.15) is 0 Å². The molecule has 0 aliphatic rings. The third-order valence-electron chi connectivity index (χ3n) is 2.90. The lowest BCUT2D eigenvalue weighted by atomic mass is 10.1. The second-order valence-electron chi connectivity index (χ2n) is 4.31. The van der Waals surface area contributed by atoms with E-state index in [1.165, 1.54) is 0 Å². The first kappa shape index (κ1) is 15.7. The van der Waals surface area contributed by atoms with Gasteiger partial charge >= 0.3 is 5.97 Å². The highest BCUT2D eigenvalue weighted by Gasteiger charge is 2.22. The van der Waals surface area contributed by atoms with Gasteiger partial charge in [0, 0.05) is 21.2 Å². The monoisotopic (exact) mass is 369 g/mol. The Balaban J connectivity index is 2.33. The normalized spacial score (nSPS) is 11.8. The fraction of sp³-hybridized carbons (Fsp3) is 0.133. The van der Waals surface area contributed by atoms with Crippen molar-refractivity contribution in [1.82, 2.24) is 0 Å². The van der Waals surface area contributed by atoms with Crippen molar-refractivity contribution in [3.8, 4) is 5.75 Å². The van der Waals surface area contributed by atoms with Crippen LogP contribution in [0.4, 0.5) is 5.69 Å². The summed E-state index contributed by atoms with van der Waals surface area (Å²) in [6.45, 7) is 0. The van der Waals surface area contributed by atoms with Crippen LogP contribution in [-0.4, -0.2) is 18.2 Å². The first-order valence-electron chi connectivity index (χ1n) is 6.09. The second kappa shape index (κ2) is 6.83. The van der Waals surface area contributed by atoms with Crippen LogP contribution >= 0.6 is 27.5 Å². The largest absolute Gasteiger partial charge is 0.497 e. The standard InChI is InChI=1S/C15H13BrClNO3/c1-21-11-4-2-3-10(8-11)18-14(15(19)20)12-6-5-9(17)7-13(12)16/h2-8,14,18H,1H3,(H,19,20). The first-order chi connectivity index (χ1) is 10.0. The van der Waals surface area contributed by atoms with Crippen LogP contribution in [0.15, 0.2) is 46.9 Å². The number of carboxylic acid groups (broad SMARTS) is 1. The molecule has 2 aromatic carbocycles. The molecule has 21 heavy (non-hydrogen) atoms. The molecule has 1 unspecified atom stereocenters. The third kappa shape index (κ3) is 3.89. The van der Waals surface area contributed by atoms with Crippen molar-refractivity contribution < 1.29 is 14.6 Å². The first-order valence-corrected chi connectivity index (χ1v) is 7.26. The van der Waals surface area contributed by atoms with Crippen molar-refractivity contribution >= 4 is 39.2 Å². The number of aliphatic carboxylic acids is 1. The number of benzene rings is 2. The van der Waals surface area contributed by atoms with E-state index in [1.807, 2.05) is 0 Å². The van der Waals surface area contributed by atoms with Crippen LogP contribution in [0.1, 0.15) is 11.6 Å². The van der Waals surface area contributed by atoms with E-state index in [2.05, 4.69) is 21.2 Å². The van der Waals surface area contributed by atoms with Gasteiger partial charge in [0.25, 0.3) is 0 Å². The van der Waals surface area contributed by atoms with Crippen molar-refractivity contribution in [2.24, 2.45) is 0 Å². The summed E-state index contributed by atoms with van der Waals surface area (Å²) in [7, 11) is 1.56. The van der Waals surface area contributed by atoms with Gasteiger partial charge in [0.15, 0.2) is 6.04 Å². The second-order valence-corrected chi connectivity index (χ2v) is 5.60. The van der Waals surface area contributed by atoms with Crippen molar-refractivity contribution in [3.05, 3.63) is 57.5 Å². The van der Waals surface area contributed by atoms with E-state index in [0.717, 1.165) is 0 Å². The van der Waals surface area contributed by atoms with Crippen molar-refractivity contribution in [1.29, 1.82) is 0 Å². The Hall–Kier alpha value is -1.72. The minimum Gasteiger partial charge on any atom is -0.497 e. The topological polar surface area (TPSA) is 58.6 Å². The highest BCUT2D eigenvalue weighted by atomic mass is 79.9. The smallest absolute Gasteiger partial charge is 0.330 e. The lowest BCUT2D eigenvalue weighted by Gasteiger charge is -2.18. The number of nitrogens with one attached hydrogen (secondary N) is 1. The molecule has 2 rings (SSSR count). The fourth-order valence-corrected chi connectivity index (χ4v) is 2.80. The van der Waals surface area contributed by atoms with E-state index < -0.39 is 12.0 Å². The molecule has 0 spiro atoms. The Morgan fingerprint density at radius 2 is 2.10 bits per heavy atom. The summed E-state index contributed by atoms with van der Waals surface area (Å²) in [4.78, 5) is 11.5. The predicted molar refractivity (Wildman–Crippen MR) is 86.1 cm³/mol. The summed E-state index contributed by atoms with van der Waals surface area (Å²) in [6, 6.07) is 11.2. The van der Waals surface area contributed by atoms with Gasteiger partial charge in [-0.25, -0.2) is 4.79 Å². The SMILES string of the molecule is COc1cccc(NC(C(=O)O)c2ccc(Cl)cc2Br)c1. The molecule has 2 N–H and O–H groups in total. The molecule has 0 heterocycles. The number of rotatable bonds is 5. The van der Waals surface area contributed by atoms with Crippen LogP contribution in [0.2, 0.25) is 5.02 Å². The molecule has 0 fully saturated rings. The fourth-order valence-electron chi connectivity index (χ4n) is 1.89. The molecule has 0 aromatic heterocycles. The third-order valence-corrected chi connectivity index (χ3v) is 3.82. The molecule has 0 saturated heterocycles. The van der Waals surface area contributed by atoms with Gasteiger partial charge in [0.2, 0.25) is 0 Å². The summed E-state index contributed by atoms with van der Waals surface area (Å²) >= 11 is 9.23. The van der Waals surface area contributed by atoms with Gasteiger partial charge in [-0.15, -0.1) is 0 Å². The van der Waals surface area contributed by atoms with E-state index in [9.17, 15) is 9.90 Å². The lowest BCUT2D eigenvalue weighted by molar-refractivity contribution is -0.138.